The van der Waals surface area contributed by atoms with Crippen molar-refractivity contribution in [1.82, 2.24) is 24.6 Å². The maximum Gasteiger partial charge on any atom is 0.164 e. The van der Waals surface area contributed by atoms with Crippen molar-refractivity contribution in [2.45, 2.75) is 18.9 Å². The molecule has 2 aromatic heterocycles. The third-order valence-corrected chi connectivity index (χ3v) is 7.11. The average Bonchev–Trinajstić information content (AvgIpc) is 3.35. The molecule has 10 heteroatoms. The number of fused-ring (bicyclic) bond motifs is 1. The first-order valence-electron chi connectivity index (χ1n) is 13.0. The summed E-state index contributed by atoms with van der Waals surface area (Å²) in [5, 5.41) is 5.83. The zero-order chi connectivity index (χ0) is 26.2. The molecule has 1 aliphatic heterocycles. The van der Waals surface area contributed by atoms with Crippen LogP contribution in [0.1, 0.15) is 18.9 Å². The first kappa shape index (κ1) is 26.8. The molecule has 5 rings (SSSR count). The van der Waals surface area contributed by atoms with Crippen molar-refractivity contribution >= 4 is 39.4 Å². The molecular weight excluding hydrogens is 595 g/mol. The smallest absolute Gasteiger partial charge is 0.164 e. The number of nitrogens with zero attached hydrogens (tertiary/aromatic N) is 5. The van der Waals surface area contributed by atoms with Gasteiger partial charge < -0.3 is 24.8 Å². The van der Waals surface area contributed by atoms with E-state index in [-0.39, 0.29) is 6.04 Å². The summed E-state index contributed by atoms with van der Waals surface area (Å²) < 4.78 is 20.2. The van der Waals surface area contributed by atoms with Gasteiger partial charge in [-0.3, -0.25) is 0 Å². The van der Waals surface area contributed by atoms with Crippen LogP contribution in [0.5, 0.6) is 11.5 Å². The summed E-state index contributed by atoms with van der Waals surface area (Å²) in [7, 11) is 0. The van der Waals surface area contributed by atoms with E-state index in [0.29, 0.717) is 19.0 Å². The standard InChI is InChI=1S/C28H33IN6O3/c29-12-16-36-18-19-37-17-15-34-13-10-22(11-14-34)35-28-25(27(30)31-20-32-28)26(33-35)21-6-8-24(9-7-21)38-23-4-2-1-3-5-23/h1-9,20,22H,10-19H2,(H2,30,31,32). The van der Waals surface area contributed by atoms with Crippen molar-refractivity contribution in [1.29, 1.82) is 0 Å². The summed E-state index contributed by atoms with van der Waals surface area (Å²) in [5.74, 6) is 2.00. The van der Waals surface area contributed by atoms with Gasteiger partial charge in [-0.05, 0) is 49.2 Å². The molecule has 0 saturated carbocycles. The maximum atomic E-state index is 6.34. The summed E-state index contributed by atoms with van der Waals surface area (Å²) in [6.07, 6.45) is 3.50. The van der Waals surface area contributed by atoms with E-state index < -0.39 is 0 Å². The number of halogens is 1. The van der Waals surface area contributed by atoms with Crippen LogP contribution in [-0.4, -0.2) is 75.1 Å². The van der Waals surface area contributed by atoms with E-state index >= 15 is 0 Å². The van der Waals surface area contributed by atoms with Crippen LogP contribution in [-0.2, 0) is 9.47 Å². The number of likely N-dealkylation sites (tertiary alicyclic amines) is 1. The van der Waals surface area contributed by atoms with Gasteiger partial charge in [0.25, 0.3) is 0 Å². The lowest BCUT2D eigenvalue weighted by atomic mass is 10.1. The molecule has 0 amide bonds. The molecule has 1 saturated heterocycles. The summed E-state index contributed by atoms with van der Waals surface area (Å²) in [6, 6.07) is 17.9. The molecule has 3 heterocycles. The number of anilines is 1. The largest absolute Gasteiger partial charge is 0.457 e. The van der Waals surface area contributed by atoms with Crippen LogP contribution < -0.4 is 10.5 Å². The topological polar surface area (TPSA) is 101 Å². The minimum atomic E-state index is 0.250. The first-order valence-corrected chi connectivity index (χ1v) is 14.5. The number of nitrogens with two attached hydrogens (primary N) is 1. The number of hydrogen-bond acceptors (Lipinski definition) is 8. The van der Waals surface area contributed by atoms with E-state index in [9.17, 15) is 0 Å². The molecule has 38 heavy (non-hydrogen) atoms. The Balaban J connectivity index is 1.24. The molecule has 4 aromatic rings. The molecule has 1 fully saturated rings. The molecule has 0 radical (unpaired) electrons. The Morgan fingerprint density at radius 1 is 0.868 bits per heavy atom. The lowest BCUT2D eigenvalue weighted by molar-refractivity contribution is 0.0397. The number of aromatic nitrogens is 4. The normalized spacial score (nSPS) is 14.8. The lowest BCUT2D eigenvalue weighted by Crippen LogP contribution is -2.37. The molecule has 0 aliphatic carbocycles. The number of hydrogen-bond donors (Lipinski definition) is 1. The second kappa shape index (κ2) is 13.3. The monoisotopic (exact) mass is 628 g/mol. The van der Waals surface area contributed by atoms with Crippen LogP contribution in [0.15, 0.2) is 60.9 Å². The van der Waals surface area contributed by atoms with Gasteiger partial charge in [-0.25, -0.2) is 14.6 Å². The van der Waals surface area contributed by atoms with Gasteiger partial charge in [-0.2, -0.15) is 5.10 Å². The van der Waals surface area contributed by atoms with Crippen molar-refractivity contribution in [3.8, 4) is 22.8 Å². The number of ether oxygens (including phenoxy) is 3. The van der Waals surface area contributed by atoms with Gasteiger partial charge in [0, 0.05) is 29.6 Å². The zero-order valence-corrected chi connectivity index (χ0v) is 23.5. The molecule has 2 aromatic carbocycles. The van der Waals surface area contributed by atoms with Crippen LogP contribution in [0.2, 0.25) is 0 Å². The highest BCUT2D eigenvalue weighted by Gasteiger charge is 2.26. The Bertz CT molecular complexity index is 1290. The average molecular weight is 629 g/mol. The predicted octanol–water partition coefficient (Wildman–Crippen LogP) is 4.97. The number of para-hydroxylation sites is 1. The molecule has 0 spiro atoms. The van der Waals surface area contributed by atoms with Gasteiger partial charge in [0.1, 0.15) is 29.3 Å². The number of rotatable bonds is 12. The molecule has 1 aliphatic rings. The summed E-state index contributed by atoms with van der Waals surface area (Å²) >= 11 is 2.31. The Hall–Kier alpha value is -2.80. The Morgan fingerprint density at radius 2 is 1.58 bits per heavy atom. The van der Waals surface area contributed by atoms with Gasteiger partial charge in [-0.1, -0.05) is 40.8 Å². The summed E-state index contributed by atoms with van der Waals surface area (Å²) in [4.78, 5) is 11.3. The van der Waals surface area contributed by atoms with Gasteiger partial charge in [0.2, 0.25) is 0 Å². The van der Waals surface area contributed by atoms with Crippen molar-refractivity contribution in [3.05, 3.63) is 60.9 Å². The molecule has 0 atom stereocenters. The fraction of sp³-hybridized carbons (Fsp3) is 0.393. The van der Waals surface area contributed by atoms with Crippen molar-refractivity contribution in [2.75, 3.05) is 56.2 Å². The van der Waals surface area contributed by atoms with E-state index in [0.717, 1.165) is 83.9 Å². The minimum Gasteiger partial charge on any atom is -0.457 e. The van der Waals surface area contributed by atoms with Crippen molar-refractivity contribution < 1.29 is 14.2 Å². The first-order chi connectivity index (χ1) is 18.7. The number of piperidine rings is 1. The second-order valence-corrected chi connectivity index (χ2v) is 10.3. The van der Waals surface area contributed by atoms with Gasteiger partial charge >= 0.3 is 0 Å². The van der Waals surface area contributed by atoms with E-state index in [1.807, 2.05) is 54.6 Å². The Morgan fingerprint density at radius 3 is 2.32 bits per heavy atom. The predicted molar refractivity (Wildman–Crippen MR) is 157 cm³/mol. The Kier molecular flexibility index (Phi) is 9.39. The third-order valence-electron chi connectivity index (χ3n) is 6.67. The lowest BCUT2D eigenvalue weighted by Gasteiger charge is -2.32. The van der Waals surface area contributed by atoms with E-state index in [2.05, 4.69) is 42.1 Å². The van der Waals surface area contributed by atoms with Gasteiger partial charge in [0.15, 0.2) is 5.65 Å². The summed E-state index contributed by atoms with van der Waals surface area (Å²) in [5.41, 5.74) is 8.87. The van der Waals surface area contributed by atoms with Gasteiger partial charge in [-0.15, -0.1) is 0 Å². The third kappa shape index (κ3) is 6.60. The second-order valence-electron chi connectivity index (χ2n) is 9.18. The fourth-order valence-corrected chi connectivity index (χ4v) is 5.03. The molecule has 2 N–H and O–H groups in total. The highest BCUT2D eigenvalue weighted by Crippen LogP contribution is 2.35. The number of nitrogen functional groups attached to an aromatic ring is 1. The van der Waals surface area contributed by atoms with E-state index in [1.165, 1.54) is 6.33 Å². The van der Waals surface area contributed by atoms with Crippen molar-refractivity contribution in [2.24, 2.45) is 0 Å². The highest BCUT2D eigenvalue weighted by atomic mass is 127. The van der Waals surface area contributed by atoms with Crippen LogP contribution in [0.4, 0.5) is 5.82 Å². The summed E-state index contributed by atoms with van der Waals surface area (Å²) in [6.45, 7) is 5.72. The Labute approximate surface area is 236 Å². The number of alkyl halides is 1. The van der Waals surface area contributed by atoms with Crippen LogP contribution in [0.25, 0.3) is 22.3 Å². The van der Waals surface area contributed by atoms with Crippen LogP contribution in [0.3, 0.4) is 0 Å². The maximum absolute atomic E-state index is 6.34. The molecule has 200 valence electrons. The quantitative estimate of drug-likeness (QED) is 0.133. The molecule has 0 unspecified atom stereocenters. The molecular formula is C28H33IN6O3. The van der Waals surface area contributed by atoms with Crippen molar-refractivity contribution in [3.63, 3.8) is 0 Å². The zero-order valence-electron chi connectivity index (χ0n) is 21.3. The molecule has 9 nitrogen and oxygen atoms in total. The fourth-order valence-electron chi connectivity index (χ4n) is 4.72. The minimum absolute atomic E-state index is 0.250. The highest BCUT2D eigenvalue weighted by molar-refractivity contribution is 14.1. The van der Waals surface area contributed by atoms with E-state index in [1.54, 1.807) is 0 Å². The van der Waals surface area contributed by atoms with E-state index in [4.69, 9.17) is 25.0 Å². The SMILES string of the molecule is Nc1ncnc2c1c(-c1ccc(Oc3ccccc3)cc1)nn2C1CCN(CCOCCOCCI)CC1. The van der Waals surface area contributed by atoms with Crippen LogP contribution in [0, 0.1) is 0 Å². The van der Waals surface area contributed by atoms with Crippen LogP contribution >= 0.6 is 22.6 Å². The number of benzene rings is 2. The molecule has 0 bridgehead atoms. The van der Waals surface area contributed by atoms with Gasteiger partial charge in [0.05, 0.1) is 37.9 Å².